The molecule has 0 unspecified atom stereocenters. The van der Waals surface area contributed by atoms with Crippen LogP contribution in [0.3, 0.4) is 0 Å². The summed E-state index contributed by atoms with van der Waals surface area (Å²) >= 11 is 0. The van der Waals surface area contributed by atoms with Gasteiger partial charge in [0.1, 0.15) is 11.7 Å². The van der Waals surface area contributed by atoms with Gasteiger partial charge in [0.15, 0.2) is 5.60 Å². The quantitative estimate of drug-likeness (QED) is 0.682. The van der Waals surface area contributed by atoms with Crippen LogP contribution in [0.15, 0.2) is 84.9 Å². The highest BCUT2D eigenvalue weighted by Gasteiger charge is 2.59. The predicted octanol–water partition coefficient (Wildman–Crippen LogP) is 3.33. The van der Waals surface area contributed by atoms with Gasteiger partial charge in [0.2, 0.25) is 5.91 Å². The van der Waals surface area contributed by atoms with Gasteiger partial charge >= 0.3 is 0 Å². The van der Waals surface area contributed by atoms with Crippen LogP contribution in [0.25, 0.3) is 0 Å². The number of hydrogen-bond acceptors (Lipinski definition) is 4. The van der Waals surface area contributed by atoms with E-state index in [4.69, 9.17) is 4.74 Å². The average Bonchev–Trinajstić information content (AvgIpc) is 2.94. The third kappa shape index (κ3) is 3.30. The molecule has 0 bridgehead atoms. The van der Waals surface area contributed by atoms with Crippen LogP contribution >= 0.6 is 0 Å². The number of aliphatic hydroxyl groups is 1. The minimum atomic E-state index is -1.88. The molecule has 1 N–H and O–H groups in total. The lowest BCUT2D eigenvalue weighted by Gasteiger charge is -2.26. The van der Waals surface area contributed by atoms with Crippen molar-refractivity contribution in [1.82, 2.24) is 0 Å². The number of ether oxygens (including phenoxy) is 1. The first kappa shape index (κ1) is 18.9. The maximum atomic E-state index is 13.4. The molecule has 1 saturated heterocycles. The van der Waals surface area contributed by atoms with E-state index in [0.717, 1.165) is 10.5 Å². The third-order valence-electron chi connectivity index (χ3n) is 5.30. The van der Waals surface area contributed by atoms with Crippen molar-refractivity contribution in [2.24, 2.45) is 0 Å². The minimum Gasteiger partial charge on any atom is -0.497 e. The van der Waals surface area contributed by atoms with Crippen LogP contribution in [-0.2, 0) is 16.0 Å². The van der Waals surface area contributed by atoms with E-state index >= 15 is 0 Å². The zero-order valence-electron chi connectivity index (χ0n) is 16.0. The fraction of sp³-hybridized carbons (Fsp3) is 0.167. The fourth-order valence-corrected chi connectivity index (χ4v) is 3.87. The minimum absolute atomic E-state index is 0.0463. The number of rotatable bonds is 5. The summed E-state index contributed by atoms with van der Waals surface area (Å²) in [5.74, 6) is -1.43. The third-order valence-corrected chi connectivity index (χ3v) is 5.30. The van der Waals surface area contributed by atoms with Crippen LogP contribution in [0.1, 0.15) is 17.0 Å². The summed E-state index contributed by atoms with van der Waals surface area (Å²) in [4.78, 5) is 27.9. The van der Waals surface area contributed by atoms with E-state index in [-0.39, 0.29) is 6.42 Å². The Morgan fingerprint density at radius 3 is 2.07 bits per heavy atom. The van der Waals surface area contributed by atoms with E-state index < -0.39 is 23.3 Å². The van der Waals surface area contributed by atoms with E-state index in [1.165, 1.54) is 0 Å². The van der Waals surface area contributed by atoms with Crippen molar-refractivity contribution in [3.63, 3.8) is 0 Å². The van der Waals surface area contributed by atoms with Crippen LogP contribution in [0.5, 0.6) is 5.75 Å². The number of benzene rings is 3. The SMILES string of the molecule is COc1ccc(N2C(=O)[C@H](c3ccccc3)[C@@](O)(Cc3ccccc3)C2=O)cc1. The number of nitrogens with zero attached hydrogens (tertiary/aromatic N) is 1. The molecule has 1 fully saturated rings. The number of carbonyl (C=O) groups is 2. The lowest BCUT2D eigenvalue weighted by molar-refractivity contribution is -0.134. The average molecular weight is 387 g/mol. The summed E-state index contributed by atoms with van der Waals surface area (Å²) in [5.41, 5.74) is -0.0700. The zero-order valence-corrected chi connectivity index (χ0v) is 16.0. The number of amides is 2. The van der Waals surface area contributed by atoms with E-state index in [1.807, 2.05) is 36.4 Å². The van der Waals surface area contributed by atoms with Crippen LogP contribution in [0.2, 0.25) is 0 Å². The van der Waals surface area contributed by atoms with Crippen molar-refractivity contribution in [2.75, 3.05) is 12.0 Å². The van der Waals surface area contributed by atoms with Gasteiger partial charge in [0.25, 0.3) is 5.91 Å². The molecule has 0 aromatic heterocycles. The molecular weight excluding hydrogens is 366 g/mol. The molecular formula is C24H21NO4. The molecule has 3 aromatic rings. The molecule has 29 heavy (non-hydrogen) atoms. The molecule has 2 amide bonds. The van der Waals surface area contributed by atoms with Gasteiger partial charge in [-0.05, 0) is 35.4 Å². The Hall–Kier alpha value is -3.44. The maximum Gasteiger partial charge on any atom is 0.267 e. The lowest BCUT2D eigenvalue weighted by Crippen LogP contribution is -2.44. The largest absolute Gasteiger partial charge is 0.497 e. The van der Waals surface area contributed by atoms with Crippen molar-refractivity contribution >= 4 is 17.5 Å². The normalized spacial score (nSPS) is 21.4. The highest BCUT2D eigenvalue weighted by atomic mass is 16.5. The van der Waals surface area contributed by atoms with Gasteiger partial charge in [-0.25, -0.2) is 4.90 Å². The van der Waals surface area contributed by atoms with E-state index in [0.29, 0.717) is 17.0 Å². The van der Waals surface area contributed by atoms with E-state index in [2.05, 4.69) is 0 Å². The maximum absolute atomic E-state index is 13.4. The monoisotopic (exact) mass is 387 g/mol. The fourth-order valence-electron chi connectivity index (χ4n) is 3.87. The molecule has 0 aliphatic carbocycles. The molecule has 0 radical (unpaired) electrons. The molecule has 3 aromatic carbocycles. The summed E-state index contributed by atoms with van der Waals surface area (Å²) in [5, 5.41) is 11.6. The summed E-state index contributed by atoms with van der Waals surface area (Å²) in [6, 6.07) is 24.9. The Kier molecular flexibility index (Phi) is 4.91. The van der Waals surface area contributed by atoms with Gasteiger partial charge in [-0.15, -0.1) is 0 Å². The van der Waals surface area contributed by atoms with Crippen LogP contribution in [0.4, 0.5) is 5.69 Å². The van der Waals surface area contributed by atoms with E-state index in [9.17, 15) is 14.7 Å². The molecule has 5 nitrogen and oxygen atoms in total. The van der Waals surface area contributed by atoms with Crippen LogP contribution in [0, 0.1) is 0 Å². The van der Waals surface area contributed by atoms with Crippen molar-refractivity contribution < 1.29 is 19.4 Å². The molecule has 1 aliphatic heterocycles. The second-order valence-electron chi connectivity index (χ2n) is 7.11. The van der Waals surface area contributed by atoms with Crippen molar-refractivity contribution in [3.8, 4) is 5.75 Å². The highest BCUT2D eigenvalue weighted by molar-refractivity contribution is 6.26. The molecule has 5 heteroatoms. The first-order valence-electron chi connectivity index (χ1n) is 9.38. The Labute approximate surface area is 169 Å². The molecule has 4 rings (SSSR count). The Bertz CT molecular complexity index is 1020. The van der Waals surface area contributed by atoms with Gasteiger partial charge in [0.05, 0.1) is 12.8 Å². The van der Waals surface area contributed by atoms with Gasteiger partial charge in [-0.1, -0.05) is 60.7 Å². The predicted molar refractivity (Wildman–Crippen MR) is 110 cm³/mol. The summed E-state index contributed by atoms with van der Waals surface area (Å²) in [7, 11) is 1.55. The zero-order chi connectivity index (χ0) is 20.4. The number of imide groups is 1. The first-order valence-corrected chi connectivity index (χ1v) is 9.38. The van der Waals surface area contributed by atoms with Crippen LogP contribution in [-0.4, -0.2) is 29.6 Å². The summed E-state index contributed by atoms with van der Waals surface area (Å²) < 4.78 is 5.16. The lowest BCUT2D eigenvalue weighted by atomic mass is 9.80. The van der Waals surface area contributed by atoms with Crippen LogP contribution < -0.4 is 9.64 Å². The Balaban J connectivity index is 1.80. The number of carbonyl (C=O) groups excluding carboxylic acids is 2. The molecule has 0 spiro atoms. The van der Waals surface area contributed by atoms with Gasteiger partial charge < -0.3 is 9.84 Å². The molecule has 1 aliphatic rings. The number of anilines is 1. The van der Waals surface area contributed by atoms with Gasteiger partial charge in [0, 0.05) is 6.42 Å². The smallest absolute Gasteiger partial charge is 0.267 e. The molecule has 0 saturated carbocycles. The van der Waals surface area contributed by atoms with E-state index in [1.54, 1.807) is 55.6 Å². The molecule has 2 atom stereocenters. The Morgan fingerprint density at radius 1 is 0.897 bits per heavy atom. The van der Waals surface area contributed by atoms with Gasteiger partial charge in [-0.2, -0.15) is 0 Å². The summed E-state index contributed by atoms with van der Waals surface area (Å²) in [6.07, 6.45) is 0.0463. The highest BCUT2D eigenvalue weighted by Crippen LogP contribution is 2.42. The van der Waals surface area contributed by atoms with Crippen molar-refractivity contribution in [1.29, 1.82) is 0 Å². The first-order chi connectivity index (χ1) is 14.0. The second kappa shape index (κ2) is 7.53. The van der Waals surface area contributed by atoms with Crippen molar-refractivity contribution in [3.05, 3.63) is 96.1 Å². The Morgan fingerprint density at radius 2 is 1.48 bits per heavy atom. The van der Waals surface area contributed by atoms with Gasteiger partial charge in [-0.3, -0.25) is 9.59 Å². The molecule has 146 valence electrons. The summed E-state index contributed by atoms with van der Waals surface area (Å²) in [6.45, 7) is 0. The van der Waals surface area contributed by atoms with Crippen molar-refractivity contribution in [2.45, 2.75) is 17.9 Å². The number of hydrogen-bond donors (Lipinski definition) is 1. The standard InChI is InChI=1S/C24H21NO4/c1-29-20-14-12-19(13-15-20)25-22(26)21(18-10-6-3-7-11-18)24(28,23(25)27)16-17-8-4-2-5-9-17/h2-15,21,28H,16H2,1H3/t21-,24-/m0/s1. The second-order valence-corrected chi connectivity index (χ2v) is 7.11. The number of methoxy groups -OCH3 is 1. The topological polar surface area (TPSA) is 66.8 Å². The molecule has 1 heterocycles.